The lowest BCUT2D eigenvalue weighted by atomic mass is 9.86. The van der Waals surface area contributed by atoms with Crippen LogP contribution in [0.2, 0.25) is 0 Å². The Morgan fingerprint density at radius 3 is 2.41 bits per heavy atom. The fourth-order valence-corrected chi connectivity index (χ4v) is 4.70. The van der Waals surface area contributed by atoms with E-state index in [0.717, 1.165) is 44.2 Å². The van der Waals surface area contributed by atoms with Gasteiger partial charge in [-0.15, -0.1) is 0 Å². The molecule has 3 atom stereocenters. The van der Waals surface area contributed by atoms with E-state index < -0.39 is 0 Å². The maximum Gasteiger partial charge on any atom is 0.254 e. The van der Waals surface area contributed by atoms with Gasteiger partial charge in [0.2, 0.25) is 5.91 Å². The Hall–Kier alpha value is -2.62. The van der Waals surface area contributed by atoms with Crippen molar-refractivity contribution in [2.24, 2.45) is 11.8 Å². The van der Waals surface area contributed by atoms with Crippen LogP contribution in [-0.4, -0.2) is 22.8 Å². The molecule has 0 aromatic heterocycles. The molecular formula is C25H28N2O2. The molecule has 3 aliphatic carbocycles. The first-order valence-electron chi connectivity index (χ1n) is 10.9. The van der Waals surface area contributed by atoms with Crippen LogP contribution in [0.1, 0.15) is 66.6 Å². The minimum atomic E-state index is 0.0926. The number of fused-ring (bicyclic) bond motifs is 1. The number of nitrogens with one attached hydrogen (secondary N) is 1. The van der Waals surface area contributed by atoms with Gasteiger partial charge in [0.15, 0.2) is 0 Å². The lowest BCUT2D eigenvalue weighted by Crippen LogP contribution is -2.38. The van der Waals surface area contributed by atoms with Gasteiger partial charge in [-0.05, 0) is 79.8 Å². The van der Waals surface area contributed by atoms with Crippen molar-refractivity contribution in [3.63, 3.8) is 0 Å². The van der Waals surface area contributed by atoms with Crippen molar-refractivity contribution < 1.29 is 9.59 Å². The summed E-state index contributed by atoms with van der Waals surface area (Å²) in [4.78, 5) is 27.8. The van der Waals surface area contributed by atoms with E-state index in [2.05, 4.69) is 41.4 Å². The van der Waals surface area contributed by atoms with Crippen molar-refractivity contribution in [3.05, 3.63) is 65.2 Å². The van der Waals surface area contributed by atoms with Gasteiger partial charge < -0.3 is 10.2 Å². The van der Waals surface area contributed by atoms with Crippen molar-refractivity contribution in [1.82, 2.24) is 4.90 Å². The number of amides is 2. The van der Waals surface area contributed by atoms with Crippen LogP contribution in [-0.2, 0) is 11.2 Å². The molecule has 0 saturated heterocycles. The highest BCUT2D eigenvalue weighted by atomic mass is 16.2. The lowest BCUT2D eigenvalue weighted by molar-refractivity contribution is -0.117. The summed E-state index contributed by atoms with van der Waals surface area (Å²) in [5, 5.41) is 2.98. The number of carbonyl (C=O) groups is 2. The van der Waals surface area contributed by atoms with E-state index in [1.54, 1.807) is 0 Å². The van der Waals surface area contributed by atoms with Crippen LogP contribution >= 0.6 is 0 Å². The second-order valence-corrected chi connectivity index (χ2v) is 8.94. The monoisotopic (exact) mass is 388 g/mol. The van der Waals surface area contributed by atoms with Gasteiger partial charge in [0.1, 0.15) is 0 Å². The van der Waals surface area contributed by atoms with Crippen molar-refractivity contribution in [2.75, 3.05) is 5.32 Å². The molecule has 2 amide bonds. The first-order chi connectivity index (χ1) is 14.1. The number of anilines is 1. The standard InChI is InChI=1S/C25H28N2O2/c1-16-15-22(16)24(28)26-19-11-9-18(10-12-19)25(29)27(20-13-14-20)23-8-4-6-17-5-2-3-7-21(17)23/h2-3,5,7,9-12,16,20,22-23H,4,6,8,13-15H2,1H3,(H,26,28). The van der Waals surface area contributed by atoms with Crippen LogP contribution in [0.15, 0.2) is 48.5 Å². The molecule has 2 saturated carbocycles. The van der Waals surface area contributed by atoms with Gasteiger partial charge in [-0.3, -0.25) is 9.59 Å². The second kappa shape index (κ2) is 7.33. The maximum absolute atomic E-state index is 13.5. The van der Waals surface area contributed by atoms with Gasteiger partial charge in [0.25, 0.3) is 5.91 Å². The van der Waals surface area contributed by atoms with Gasteiger partial charge in [-0.1, -0.05) is 31.2 Å². The number of nitrogens with zero attached hydrogens (tertiary/aromatic N) is 1. The minimum absolute atomic E-state index is 0.0926. The summed E-state index contributed by atoms with van der Waals surface area (Å²) >= 11 is 0. The van der Waals surface area contributed by atoms with E-state index in [0.29, 0.717) is 17.5 Å². The number of aryl methyl sites for hydroxylation is 1. The zero-order chi connectivity index (χ0) is 20.0. The SMILES string of the molecule is CC1CC1C(=O)Nc1ccc(C(=O)N(C2CC2)C2CCCc3ccccc32)cc1. The molecule has 4 nitrogen and oxygen atoms in total. The number of benzene rings is 2. The first kappa shape index (κ1) is 18.4. The highest BCUT2D eigenvalue weighted by molar-refractivity contribution is 5.97. The third-order valence-corrected chi connectivity index (χ3v) is 6.69. The molecule has 0 radical (unpaired) electrons. The average Bonchev–Trinajstić information content (AvgIpc) is 3.66. The predicted octanol–water partition coefficient (Wildman–Crippen LogP) is 4.96. The number of hydrogen-bond donors (Lipinski definition) is 1. The molecule has 3 unspecified atom stereocenters. The van der Waals surface area contributed by atoms with E-state index in [1.165, 1.54) is 11.1 Å². The predicted molar refractivity (Wildman–Crippen MR) is 114 cm³/mol. The first-order valence-corrected chi connectivity index (χ1v) is 10.9. The molecule has 3 aliphatic rings. The van der Waals surface area contributed by atoms with Gasteiger partial charge in [-0.2, -0.15) is 0 Å². The van der Waals surface area contributed by atoms with Gasteiger partial charge in [0.05, 0.1) is 6.04 Å². The lowest BCUT2D eigenvalue weighted by Gasteiger charge is -2.36. The molecule has 4 heteroatoms. The normalized spacial score (nSPS) is 25.1. The fraction of sp³-hybridized carbons (Fsp3) is 0.440. The highest BCUT2D eigenvalue weighted by Gasteiger charge is 2.40. The molecule has 0 spiro atoms. The molecule has 5 rings (SSSR count). The average molecular weight is 389 g/mol. The van der Waals surface area contributed by atoms with Crippen molar-refractivity contribution in [1.29, 1.82) is 0 Å². The molecule has 0 heterocycles. The molecule has 2 aromatic rings. The Balaban J connectivity index is 1.35. The van der Waals surface area contributed by atoms with Crippen LogP contribution < -0.4 is 5.32 Å². The molecule has 2 aromatic carbocycles. The van der Waals surface area contributed by atoms with Gasteiger partial charge in [-0.25, -0.2) is 0 Å². The molecule has 0 aliphatic heterocycles. The third-order valence-electron chi connectivity index (χ3n) is 6.69. The molecule has 2 fully saturated rings. The summed E-state index contributed by atoms with van der Waals surface area (Å²) < 4.78 is 0. The number of carbonyl (C=O) groups excluding carboxylic acids is 2. The van der Waals surface area contributed by atoms with E-state index >= 15 is 0 Å². The molecule has 1 N–H and O–H groups in total. The van der Waals surface area contributed by atoms with Gasteiger partial charge >= 0.3 is 0 Å². The largest absolute Gasteiger partial charge is 0.329 e. The van der Waals surface area contributed by atoms with E-state index in [4.69, 9.17) is 0 Å². The molecular weight excluding hydrogens is 360 g/mol. The zero-order valence-electron chi connectivity index (χ0n) is 16.9. The zero-order valence-corrected chi connectivity index (χ0v) is 16.9. The van der Waals surface area contributed by atoms with Crippen LogP contribution in [0, 0.1) is 11.8 Å². The molecule has 150 valence electrons. The fourth-order valence-electron chi connectivity index (χ4n) is 4.70. The van der Waals surface area contributed by atoms with Gasteiger partial charge in [0, 0.05) is 23.2 Å². The van der Waals surface area contributed by atoms with Crippen LogP contribution in [0.3, 0.4) is 0 Å². The number of hydrogen-bond acceptors (Lipinski definition) is 2. The quantitative estimate of drug-likeness (QED) is 0.787. The second-order valence-electron chi connectivity index (χ2n) is 8.94. The summed E-state index contributed by atoms with van der Waals surface area (Å²) in [6.45, 7) is 2.10. The van der Waals surface area contributed by atoms with Crippen LogP contribution in [0.25, 0.3) is 0 Å². The highest BCUT2D eigenvalue weighted by Crippen LogP contribution is 2.42. The van der Waals surface area contributed by atoms with Crippen LogP contribution in [0.5, 0.6) is 0 Å². The topological polar surface area (TPSA) is 49.4 Å². The smallest absolute Gasteiger partial charge is 0.254 e. The number of rotatable bonds is 5. The Bertz CT molecular complexity index is 932. The molecule has 0 bridgehead atoms. The summed E-state index contributed by atoms with van der Waals surface area (Å²) in [7, 11) is 0. The summed E-state index contributed by atoms with van der Waals surface area (Å²) in [5.41, 5.74) is 4.18. The van der Waals surface area contributed by atoms with Crippen molar-refractivity contribution in [3.8, 4) is 0 Å². The maximum atomic E-state index is 13.5. The van der Waals surface area contributed by atoms with Crippen molar-refractivity contribution >= 4 is 17.5 Å². The Kier molecular flexibility index (Phi) is 4.65. The minimum Gasteiger partial charge on any atom is -0.329 e. The van der Waals surface area contributed by atoms with Crippen molar-refractivity contribution in [2.45, 2.75) is 57.5 Å². The van der Waals surface area contributed by atoms with E-state index in [9.17, 15) is 9.59 Å². The van der Waals surface area contributed by atoms with Crippen LogP contribution in [0.4, 0.5) is 5.69 Å². The third kappa shape index (κ3) is 3.68. The summed E-state index contributed by atoms with van der Waals surface area (Å²) in [6.07, 6.45) is 6.43. The Labute approximate surface area is 172 Å². The Morgan fingerprint density at radius 1 is 1.00 bits per heavy atom. The summed E-state index contributed by atoms with van der Waals surface area (Å²) in [6, 6.07) is 16.6. The summed E-state index contributed by atoms with van der Waals surface area (Å²) in [5.74, 6) is 0.840. The Morgan fingerprint density at radius 2 is 1.72 bits per heavy atom. The van der Waals surface area contributed by atoms with E-state index in [1.807, 2.05) is 24.3 Å². The van der Waals surface area contributed by atoms with E-state index in [-0.39, 0.29) is 23.8 Å². The molecule has 29 heavy (non-hydrogen) atoms.